The number of carbonyl (C=O) groups excluding carboxylic acids is 1. The standard InChI is InChI=1S/C32H46N2O2S.BrH/c1-3-4-5-6-7-8-9-10-11-12-13-16-22-36-30-20-17-19-28(23-30)32(35)33-31-21-15-14-18-29(31)24-34-26-37-25-27(34)2;/h14-15,17-21,23,25H,3-13,16,22,24,26H2,1-2H3,(H,33,35);1H. The molecule has 0 fully saturated rings. The van der Waals surface area contributed by atoms with Gasteiger partial charge < -0.3 is 15.0 Å². The number of thioether (sulfide) groups is 1. The summed E-state index contributed by atoms with van der Waals surface area (Å²) in [5.41, 5.74) is 3.87. The van der Waals surface area contributed by atoms with Crippen molar-refractivity contribution in [1.29, 1.82) is 0 Å². The number of hydrogen-bond donors (Lipinski definition) is 1. The van der Waals surface area contributed by atoms with E-state index in [9.17, 15) is 4.79 Å². The second-order valence-corrected chi connectivity index (χ2v) is 11.0. The van der Waals surface area contributed by atoms with E-state index in [2.05, 4.69) is 35.5 Å². The zero-order valence-corrected chi connectivity index (χ0v) is 25.9. The molecule has 38 heavy (non-hydrogen) atoms. The maximum atomic E-state index is 13.0. The molecule has 1 aliphatic rings. The summed E-state index contributed by atoms with van der Waals surface area (Å²) in [5, 5.41) is 5.30. The van der Waals surface area contributed by atoms with Gasteiger partial charge in [-0.05, 0) is 48.6 Å². The summed E-state index contributed by atoms with van der Waals surface area (Å²) < 4.78 is 5.97. The Kier molecular flexibility index (Phi) is 16.3. The van der Waals surface area contributed by atoms with Crippen molar-refractivity contribution in [3.05, 3.63) is 70.8 Å². The summed E-state index contributed by atoms with van der Waals surface area (Å²) in [4.78, 5) is 15.3. The molecule has 2 aromatic carbocycles. The second kappa shape index (κ2) is 19.2. The van der Waals surface area contributed by atoms with E-state index >= 15 is 0 Å². The number of hydrogen-bond acceptors (Lipinski definition) is 4. The molecule has 0 bridgehead atoms. The highest BCUT2D eigenvalue weighted by molar-refractivity contribution is 8.93. The molecule has 1 amide bonds. The van der Waals surface area contributed by atoms with Crippen molar-refractivity contribution in [1.82, 2.24) is 4.90 Å². The number of benzene rings is 2. The van der Waals surface area contributed by atoms with E-state index in [1.165, 1.54) is 76.3 Å². The smallest absolute Gasteiger partial charge is 0.255 e. The van der Waals surface area contributed by atoms with Gasteiger partial charge in [0, 0.05) is 23.5 Å². The van der Waals surface area contributed by atoms with Crippen LogP contribution in [0.4, 0.5) is 5.69 Å². The molecule has 4 nitrogen and oxygen atoms in total. The summed E-state index contributed by atoms with van der Waals surface area (Å²) in [7, 11) is 0. The first-order chi connectivity index (χ1) is 18.2. The number of rotatable bonds is 18. The molecule has 0 saturated carbocycles. The Morgan fingerprint density at radius 2 is 1.55 bits per heavy atom. The predicted molar refractivity (Wildman–Crippen MR) is 169 cm³/mol. The van der Waals surface area contributed by atoms with Crippen molar-refractivity contribution in [3.63, 3.8) is 0 Å². The minimum atomic E-state index is -0.105. The van der Waals surface area contributed by atoms with E-state index in [1.54, 1.807) is 0 Å². The van der Waals surface area contributed by atoms with Crippen LogP contribution in [-0.4, -0.2) is 23.3 Å². The molecule has 1 aliphatic heterocycles. The van der Waals surface area contributed by atoms with Crippen molar-refractivity contribution in [3.8, 4) is 5.75 Å². The van der Waals surface area contributed by atoms with Gasteiger partial charge in [-0.25, -0.2) is 0 Å². The van der Waals surface area contributed by atoms with E-state index in [4.69, 9.17) is 4.74 Å². The minimum absolute atomic E-state index is 0. The fourth-order valence-corrected chi connectivity index (χ4v) is 5.57. The van der Waals surface area contributed by atoms with Crippen molar-refractivity contribution >= 4 is 40.3 Å². The van der Waals surface area contributed by atoms with Gasteiger partial charge in [-0.3, -0.25) is 4.79 Å². The van der Waals surface area contributed by atoms with E-state index in [0.717, 1.165) is 35.8 Å². The molecule has 1 heterocycles. The van der Waals surface area contributed by atoms with Crippen LogP contribution >= 0.6 is 28.7 Å². The Bertz CT molecular complexity index is 981. The van der Waals surface area contributed by atoms with Gasteiger partial charge in [0.25, 0.3) is 5.91 Å². The third-order valence-corrected chi connectivity index (χ3v) is 7.94. The van der Waals surface area contributed by atoms with Gasteiger partial charge in [0.1, 0.15) is 5.75 Å². The van der Waals surface area contributed by atoms with Crippen LogP contribution in [0.5, 0.6) is 5.75 Å². The van der Waals surface area contributed by atoms with Gasteiger partial charge in [0.05, 0.1) is 12.5 Å². The number of amides is 1. The Morgan fingerprint density at radius 3 is 2.21 bits per heavy atom. The highest BCUT2D eigenvalue weighted by Crippen LogP contribution is 2.27. The maximum Gasteiger partial charge on any atom is 0.255 e. The van der Waals surface area contributed by atoms with Crippen LogP contribution in [0.3, 0.4) is 0 Å². The number of ether oxygens (including phenoxy) is 1. The lowest BCUT2D eigenvalue weighted by atomic mass is 10.1. The van der Waals surface area contributed by atoms with Gasteiger partial charge in [0.2, 0.25) is 0 Å². The zero-order chi connectivity index (χ0) is 26.1. The molecule has 2 aromatic rings. The van der Waals surface area contributed by atoms with Crippen molar-refractivity contribution in [2.75, 3.05) is 17.8 Å². The maximum absolute atomic E-state index is 13.0. The van der Waals surface area contributed by atoms with Gasteiger partial charge in [-0.2, -0.15) is 0 Å². The van der Waals surface area contributed by atoms with Crippen molar-refractivity contribution in [2.45, 2.75) is 97.4 Å². The summed E-state index contributed by atoms with van der Waals surface area (Å²) in [6, 6.07) is 15.6. The Hall–Kier alpha value is -1.92. The lowest BCUT2D eigenvalue weighted by Crippen LogP contribution is -2.19. The number of halogens is 1. The molecule has 6 heteroatoms. The fraction of sp³-hybridized carbons (Fsp3) is 0.531. The summed E-state index contributed by atoms with van der Waals surface area (Å²) >= 11 is 1.81. The average Bonchev–Trinajstić information content (AvgIpc) is 3.32. The molecule has 1 N–H and O–H groups in total. The molecule has 0 unspecified atom stereocenters. The van der Waals surface area contributed by atoms with E-state index in [-0.39, 0.29) is 22.9 Å². The molecular weight excluding hydrogens is 556 g/mol. The van der Waals surface area contributed by atoms with Gasteiger partial charge >= 0.3 is 0 Å². The van der Waals surface area contributed by atoms with Crippen LogP contribution in [0, 0.1) is 0 Å². The molecule has 0 spiro atoms. The molecule has 0 aliphatic carbocycles. The van der Waals surface area contributed by atoms with Crippen molar-refractivity contribution < 1.29 is 9.53 Å². The Labute approximate surface area is 245 Å². The molecule has 0 aromatic heterocycles. The van der Waals surface area contributed by atoms with Crippen LogP contribution in [0.15, 0.2) is 59.6 Å². The summed E-state index contributed by atoms with van der Waals surface area (Å²) in [6.07, 6.45) is 16.0. The minimum Gasteiger partial charge on any atom is -0.494 e. The number of nitrogens with one attached hydrogen (secondary N) is 1. The van der Waals surface area contributed by atoms with E-state index in [1.807, 2.05) is 54.2 Å². The molecule has 0 atom stereocenters. The molecule has 0 saturated heterocycles. The molecule has 0 radical (unpaired) electrons. The summed E-state index contributed by atoms with van der Waals surface area (Å²) in [5.74, 6) is 1.61. The first-order valence-electron chi connectivity index (χ1n) is 14.3. The van der Waals surface area contributed by atoms with Crippen LogP contribution < -0.4 is 10.1 Å². The average molecular weight is 604 g/mol. The van der Waals surface area contributed by atoms with Crippen LogP contribution in [-0.2, 0) is 6.54 Å². The Morgan fingerprint density at radius 1 is 0.895 bits per heavy atom. The monoisotopic (exact) mass is 602 g/mol. The van der Waals surface area contributed by atoms with Crippen molar-refractivity contribution in [2.24, 2.45) is 0 Å². The Balaban J connectivity index is 0.00000507. The highest BCUT2D eigenvalue weighted by atomic mass is 79.9. The molecule has 210 valence electrons. The number of nitrogens with zero attached hydrogens (tertiary/aromatic N) is 1. The highest BCUT2D eigenvalue weighted by Gasteiger charge is 2.15. The first kappa shape index (κ1) is 32.3. The number of unbranched alkanes of at least 4 members (excludes halogenated alkanes) is 11. The number of para-hydroxylation sites is 1. The third kappa shape index (κ3) is 11.9. The van der Waals surface area contributed by atoms with Gasteiger partial charge in [-0.1, -0.05) is 102 Å². The zero-order valence-electron chi connectivity index (χ0n) is 23.4. The largest absolute Gasteiger partial charge is 0.494 e. The molecule has 3 rings (SSSR count). The van der Waals surface area contributed by atoms with Gasteiger partial charge in [-0.15, -0.1) is 28.7 Å². The predicted octanol–water partition coefficient (Wildman–Crippen LogP) is 9.96. The lowest BCUT2D eigenvalue weighted by molar-refractivity contribution is 0.102. The van der Waals surface area contributed by atoms with E-state index in [0.29, 0.717) is 12.2 Å². The fourth-order valence-electron chi connectivity index (χ4n) is 4.63. The number of carbonyl (C=O) groups is 1. The number of allylic oxidation sites excluding steroid dienone is 1. The summed E-state index contributed by atoms with van der Waals surface area (Å²) in [6.45, 7) is 5.89. The van der Waals surface area contributed by atoms with Crippen LogP contribution in [0.1, 0.15) is 107 Å². The van der Waals surface area contributed by atoms with Crippen LogP contribution in [0.2, 0.25) is 0 Å². The quantitative estimate of drug-likeness (QED) is 0.172. The van der Waals surface area contributed by atoms with E-state index < -0.39 is 0 Å². The second-order valence-electron chi connectivity index (χ2n) is 10.1. The third-order valence-electron chi connectivity index (χ3n) is 6.97. The van der Waals surface area contributed by atoms with Gasteiger partial charge in [0.15, 0.2) is 0 Å². The first-order valence-corrected chi connectivity index (χ1v) is 15.4. The van der Waals surface area contributed by atoms with Crippen LogP contribution in [0.25, 0.3) is 0 Å². The lowest BCUT2D eigenvalue weighted by Gasteiger charge is -2.21. The topological polar surface area (TPSA) is 41.6 Å². The SMILES string of the molecule is Br.CCCCCCCCCCCCCCOc1cccc(C(=O)Nc2ccccc2CN2CSC=C2C)c1. The normalized spacial score (nSPS) is 12.7. The number of anilines is 1. The molecular formula is C32H47BrN2O2S.